The summed E-state index contributed by atoms with van der Waals surface area (Å²) < 4.78 is 5.31. The molecule has 1 saturated heterocycles. The summed E-state index contributed by atoms with van der Waals surface area (Å²) in [7, 11) is 3.76. The number of urea groups is 1. The molecule has 1 heterocycles. The fourth-order valence-corrected chi connectivity index (χ4v) is 3.22. The van der Waals surface area contributed by atoms with Crippen molar-refractivity contribution >= 4 is 11.7 Å². The van der Waals surface area contributed by atoms with Crippen molar-refractivity contribution in [1.82, 2.24) is 15.1 Å². The molecule has 0 unspecified atom stereocenters. The first-order valence-electron chi connectivity index (χ1n) is 9.02. The van der Waals surface area contributed by atoms with Gasteiger partial charge in [0.05, 0.1) is 12.8 Å². The predicted molar refractivity (Wildman–Crippen MR) is 102 cm³/mol. The van der Waals surface area contributed by atoms with Crippen molar-refractivity contribution in [1.29, 1.82) is 0 Å². The Labute approximate surface area is 151 Å². The summed E-state index contributed by atoms with van der Waals surface area (Å²) in [6.45, 7) is 11.3. The molecule has 0 spiro atoms. The van der Waals surface area contributed by atoms with Gasteiger partial charge >= 0.3 is 6.03 Å². The van der Waals surface area contributed by atoms with Crippen LogP contribution >= 0.6 is 0 Å². The highest BCUT2D eigenvalue weighted by atomic mass is 16.5. The van der Waals surface area contributed by atoms with E-state index in [4.69, 9.17) is 4.74 Å². The van der Waals surface area contributed by atoms with Crippen LogP contribution in [-0.4, -0.2) is 68.8 Å². The van der Waals surface area contributed by atoms with Crippen LogP contribution in [0.3, 0.4) is 0 Å². The number of likely N-dealkylation sites (N-methyl/N-ethyl adjacent to an activating group) is 1. The number of hydrogen-bond donors (Lipinski definition) is 2. The molecular weight excluding hydrogens is 316 g/mol. The zero-order chi connectivity index (χ0) is 18.4. The first kappa shape index (κ1) is 19.5. The van der Waals surface area contributed by atoms with Gasteiger partial charge in [0.2, 0.25) is 0 Å². The van der Waals surface area contributed by atoms with E-state index in [2.05, 4.69) is 41.3 Å². The number of carbonyl (C=O) groups excluding carboxylic acids is 1. The van der Waals surface area contributed by atoms with Gasteiger partial charge in [-0.1, -0.05) is 19.9 Å². The second-order valence-corrected chi connectivity index (χ2v) is 7.19. The maximum Gasteiger partial charge on any atom is 0.319 e. The summed E-state index contributed by atoms with van der Waals surface area (Å²) in [4.78, 5) is 17.2. The van der Waals surface area contributed by atoms with Crippen LogP contribution in [0.4, 0.5) is 10.5 Å². The van der Waals surface area contributed by atoms with Crippen molar-refractivity contribution in [2.45, 2.75) is 26.8 Å². The van der Waals surface area contributed by atoms with E-state index in [0.717, 1.165) is 31.7 Å². The van der Waals surface area contributed by atoms with Crippen LogP contribution in [0, 0.1) is 12.8 Å². The number of hydrogen-bond acceptors (Lipinski definition) is 4. The second kappa shape index (κ2) is 9.06. The molecule has 1 aromatic rings. The summed E-state index contributed by atoms with van der Waals surface area (Å²) in [5.41, 5.74) is 1.77. The topological polar surface area (TPSA) is 56.8 Å². The summed E-state index contributed by atoms with van der Waals surface area (Å²) in [6, 6.07) is 5.90. The number of carbonyl (C=O) groups is 1. The third kappa shape index (κ3) is 5.61. The van der Waals surface area contributed by atoms with Gasteiger partial charge in [-0.05, 0) is 37.6 Å². The quantitative estimate of drug-likeness (QED) is 0.829. The van der Waals surface area contributed by atoms with Crippen molar-refractivity contribution in [3.8, 4) is 5.75 Å². The molecule has 25 heavy (non-hydrogen) atoms. The highest BCUT2D eigenvalue weighted by Crippen LogP contribution is 2.25. The first-order valence-corrected chi connectivity index (χ1v) is 9.02. The Hall–Kier alpha value is -1.79. The zero-order valence-corrected chi connectivity index (χ0v) is 16.1. The Kier molecular flexibility index (Phi) is 7.08. The molecule has 140 valence electrons. The average Bonchev–Trinajstić information content (AvgIpc) is 2.56. The molecule has 0 aromatic heterocycles. The van der Waals surface area contributed by atoms with Gasteiger partial charge in [-0.3, -0.25) is 4.90 Å². The maximum atomic E-state index is 12.3. The number of nitrogens with zero attached hydrogens (tertiary/aromatic N) is 2. The number of aryl methyl sites for hydroxylation is 1. The molecule has 2 N–H and O–H groups in total. The van der Waals surface area contributed by atoms with Gasteiger partial charge < -0.3 is 20.3 Å². The van der Waals surface area contributed by atoms with Crippen LogP contribution in [-0.2, 0) is 0 Å². The van der Waals surface area contributed by atoms with Crippen LogP contribution in [0.2, 0.25) is 0 Å². The molecule has 1 aliphatic heterocycles. The lowest BCUT2D eigenvalue weighted by atomic mass is 10.0. The van der Waals surface area contributed by atoms with E-state index in [1.807, 2.05) is 25.1 Å². The molecule has 0 radical (unpaired) electrons. The zero-order valence-electron chi connectivity index (χ0n) is 16.1. The molecule has 6 heteroatoms. The summed E-state index contributed by atoms with van der Waals surface area (Å²) in [6.07, 6.45) is 0. The van der Waals surface area contributed by atoms with Gasteiger partial charge in [-0.25, -0.2) is 4.79 Å². The minimum atomic E-state index is -0.191. The van der Waals surface area contributed by atoms with Crippen LogP contribution < -0.4 is 15.4 Å². The minimum absolute atomic E-state index is 0.191. The number of piperazine rings is 1. The smallest absolute Gasteiger partial charge is 0.319 e. The summed E-state index contributed by atoms with van der Waals surface area (Å²) >= 11 is 0. The highest BCUT2D eigenvalue weighted by molar-refractivity contribution is 5.91. The molecule has 2 rings (SSSR count). The number of methoxy groups -OCH3 is 1. The normalized spacial score (nSPS) is 17.4. The predicted octanol–water partition coefficient (Wildman–Crippen LogP) is 2.40. The van der Waals surface area contributed by atoms with Gasteiger partial charge in [0.15, 0.2) is 0 Å². The molecule has 0 bridgehead atoms. The van der Waals surface area contributed by atoms with E-state index in [1.54, 1.807) is 7.11 Å². The molecule has 1 aromatic carbocycles. The van der Waals surface area contributed by atoms with Crippen LogP contribution in [0.5, 0.6) is 5.75 Å². The largest absolute Gasteiger partial charge is 0.495 e. The molecule has 1 fully saturated rings. The van der Waals surface area contributed by atoms with Gasteiger partial charge in [0.25, 0.3) is 0 Å². The monoisotopic (exact) mass is 348 g/mol. The number of ether oxygens (including phenoxy) is 1. The standard InChI is InChI=1S/C19H32N4O2/c1-14(2)17(23-10-8-22(4)9-11-23)13-20-19(24)21-16-12-15(3)6-7-18(16)25-5/h6-7,12,14,17H,8-11,13H2,1-5H3,(H2,20,21,24)/t17-/m0/s1. The van der Waals surface area contributed by atoms with Crippen LogP contribution in [0.15, 0.2) is 18.2 Å². The summed E-state index contributed by atoms with van der Waals surface area (Å²) in [5.74, 6) is 1.15. The van der Waals surface area contributed by atoms with Crippen molar-refractivity contribution in [2.75, 3.05) is 52.2 Å². The Morgan fingerprint density at radius 1 is 1.24 bits per heavy atom. The number of anilines is 1. The lowest BCUT2D eigenvalue weighted by Gasteiger charge is -2.39. The highest BCUT2D eigenvalue weighted by Gasteiger charge is 2.25. The Bertz CT molecular complexity index is 569. The van der Waals surface area contributed by atoms with E-state index in [0.29, 0.717) is 29.9 Å². The number of benzene rings is 1. The van der Waals surface area contributed by atoms with Gasteiger partial charge in [-0.15, -0.1) is 0 Å². The van der Waals surface area contributed by atoms with E-state index in [1.165, 1.54) is 0 Å². The molecule has 6 nitrogen and oxygen atoms in total. The van der Waals surface area contributed by atoms with Crippen LogP contribution in [0.1, 0.15) is 19.4 Å². The van der Waals surface area contributed by atoms with Crippen LogP contribution in [0.25, 0.3) is 0 Å². The molecular formula is C19H32N4O2. The third-order valence-electron chi connectivity index (χ3n) is 4.85. The maximum absolute atomic E-state index is 12.3. The number of rotatable bonds is 6. The average molecular weight is 348 g/mol. The fourth-order valence-electron chi connectivity index (χ4n) is 3.22. The first-order chi connectivity index (χ1) is 11.9. The van der Waals surface area contributed by atoms with Gasteiger partial charge in [0, 0.05) is 38.8 Å². The number of nitrogens with one attached hydrogen (secondary N) is 2. The van der Waals surface area contributed by atoms with Crippen molar-refractivity contribution in [3.63, 3.8) is 0 Å². The lowest BCUT2D eigenvalue weighted by molar-refractivity contribution is 0.0890. The van der Waals surface area contributed by atoms with Gasteiger partial charge in [0.1, 0.15) is 5.75 Å². The second-order valence-electron chi connectivity index (χ2n) is 7.19. The molecule has 0 saturated carbocycles. The van der Waals surface area contributed by atoms with Crippen molar-refractivity contribution < 1.29 is 9.53 Å². The van der Waals surface area contributed by atoms with E-state index >= 15 is 0 Å². The Morgan fingerprint density at radius 3 is 2.52 bits per heavy atom. The Balaban J connectivity index is 1.92. The van der Waals surface area contributed by atoms with Gasteiger partial charge in [-0.2, -0.15) is 0 Å². The third-order valence-corrected chi connectivity index (χ3v) is 4.85. The fraction of sp³-hybridized carbons (Fsp3) is 0.632. The lowest BCUT2D eigenvalue weighted by Crippen LogP contribution is -2.54. The molecule has 2 amide bonds. The van der Waals surface area contributed by atoms with Crippen molar-refractivity contribution in [2.24, 2.45) is 5.92 Å². The minimum Gasteiger partial charge on any atom is -0.495 e. The van der Waals surface area contributed by atoms with E-state index < -0.39 is 0 Å². The Morgan fingerprint density at radius 2 is 1.92 bits per heavy atom. The molecule has 0 aliphatic carbocycles. The van der Waals surface area contributed by atoms with E-state index in [9.17, 15) is 4.79 Å². The van der Waals surface area contributed by atoms with E-state index in [-0.39, 0.29) is 6.03 Å². The number of amides is 2. The summed E-state index contributed by atoms with van der Waals surface area (Å²) in [5, 5.41) is 5.94. The molecule has 1 aliphatic rings. The van der Waals surface area contributed by atoms with Crippen molar-refractivity contribution in [3.05, 3.63) is 23.8 Å². The molecule has 1 atom stereocenters. The SMILES string of the molecule is COc1ccc(C)cc1NC(=O)NC[C@@H](C(C)C)N1CCN(C)CC1.